The summed E-state index contributed by atoms with van der Waals surface area (Å²) < 4.78 is 6.97. The first-order valence-corrected chi connectivity index (χ1v) is 4.86. The number of anilines is 1. The van der Waals surface area contributed by atoms with Crippen LogP contribution in [0.3, 0.4) is 0 Å². The first-order valence-electron chi connectivity index (χ1n) is 4.48. The third-order valence-electron chi connectivity index (χ3n) is 2.31. The van der Waals surface area contributed by atoms with Gasteiger partial charge in [-0.05, 0) is 20.3 Å². The Bertz CT molecular complexity index is 309. The number of aryl methyl sites for hydroxylation is 1. The van der Waals surface area contributed by atoms with E-state index in [1.165, 1.54) is 0 Å². The Balaban J connectivity index is 2.58. The molecule has 1 heterocycles. The molecule has 5 heteroatoms. The lowest BCUT2D eigenvalue weighted by Gasteiger charge is -2.22. The molecule has 0 spiro atoms. The molecule has 0 atom stereocenters. The zero-order valence-corrected chi connectivity index (χ0v) is 9.51. The third kappa shape index (κ3) is 2.62. The van der Waals surface area contributed by atoms with Crippen LogP contribution in [0.25, 0.3) is 0 Å². The second-order valence-corrected chi connectivity index (χ2v) is 4.22. The van der Waals surface area contributed by atoms with Crippen molar-refractivity contribution in [2.24, 2.45) is 0 Å². The highest BCUT2D eigenvalue weighted by atomic mass is 35.5. The van der Waals surface area contributed by atoms with Crippen molar-refractivity contribution in [3.63, 3.8) is 0 Å². The second kappa shape index (κ2) is 4.19. The standard InChI is InChI=1S/C9H16ClN3O/c1-9(2,14-3)4-5-13-8(11)7(10)6-12-13/h6H,4-5,11H2,1-3H3. The maximum atomic E-state index is 5.77. The predicted octanol–water partition coefficient (Wildman–Crippen LogP) is 1.93. The molecule has 14 heavy (non-hydrogen) atoms. The Morgan fingerprint density at radius 1 is 1.64 bits per heavy atom. The van der Waals surface area contributed by atoms with Gasteiger partial charge in [0.25, 0.3) is 0 Å². The average molecular weight is 218 g/mol. The van der Waals surface area contributed by atoms with E-state index in [4.69, 9.17) is 22.1 Å². The van der Waals surface area contributed by atoms with Crippen molar-refractivity contribution in [3.05, 3.63) is 11.2 Å². The van der Waals surface area contributed by atoms with Gasteiger partial charge in [0, 0.05) is 13.7 Å². The van der Waals surface area contributed by atoms with E-state index in [1.54, 1.807) is 18.0 Å². The summed E-state index contributed by atoms with van der Waals surface area (Å²) in [6, 6.07) is 0. The SMILES string of the molecule is COC(C)(C)CCn1ncc(Cl)c1N. The molecule has 1 aromatic rings. The number of nitrogens with two attached hydrogens (primary N) is 1. The second-order valence-electron chi connectivity index (χ2n) is 3.81. The molecule has 0 saturated heterocycles. The number of hydrogen-bond donors (Lipinski definition) is 1. The minimum absolute atomic E-state index is 0.162. The fourth-order valence-corrected chi connectivity index (χ4v) is 1.17. The summed E-state index contributed by atoms with van der Waals surface area (Å²) >= 11 is 5.77. The van der Waals surface area contributed by atoms with Gasteiger partial charge in [0.1, 0.15) is 10.8 Å². The molecular weight excluding hydrogens is 202 g/mol. The van der Waals surface area contributed by atoms with E-state index < -0.39 is 0 Å². The van der Waals surface area contributed by atoms with Gasteiger partial charge in [-0.15, -0.1) is 0 Å². The van der Waals surface area contributed by atoms with Gasteiger partial charge in [0.05, 0.1) is 11.8 Å². The van der Waals surface area contributed by atoms with Gasteiger partial charge in [-0.1, -0.05) is 11.6 Å². The molecule has 0 amide bonds. The number of rotatable bonds is 4. The van der Waals surface area contributed by atoms with Gasteiger partial charge < -0.3 is 10.5 Å². The van der Waals surface area contributed by atoms with Crippen molar-refractivity contribution in [2.75, 3.05) is 12.8 Å². The predicted molar refractivity (Wildman–Crippen MR) is 57.4 cm³/mol. The van der Waals surface area contributed by atoms with E-state index in [-0.39, 0.29) is 5.60 Å². The van der Waals surface area contributed by atoms with Crippen molar-refractivity contribution in [1.82, 2.24) is 9.78 Å². The van der Waals surface area contributed by atoms with Gasteiger partial charge in [0.2, 0.25) is 0 Å². The summed E-state index contributed by atoms with van der Waals surface area (Å²) in [5.41, 5.74) is 5.54. The molecule has 1 rings (SSSR count). The summed E-state index contributed by atoms with van der Waals surface area (Å²) in [4.78, 5) is 0. The third-order valence-corrected chi connectivity index (χ3v) is 2.60. The van der Waals surface area contributed by atoms with Crippen LogP contribution < -0.4 is 5.73 Å². The summed E-state index contributed by atoms with van der Waals surface area (Å²) in [5, 5.41) is 4.56. The van der Waals surface area contributed by atoms with Gasteiger partial charge >= 0.3 is 0 Å². The number of methoxy groups -OCH3 is 1. The van der Waals surface area contributed by atoms with Crippen molar-refractivity contribution < 1.29 is 4.74 Å². The Hall–Kier alpha value is -0.740. The maximum Gasteiger partial charge on any atom is 0.140 e. The number of halogens is 1. The van der Waals surface area contributed by atoms with Crippen LogP contribution in [0, 0.1) is 0 Å². The van der Waals surface area contributed by atoms with Gasteiger partial charge in [0.15, 0.2) is 0 Å². The lowest BCUT2D eigenvalue weighted by molar-refractivity contribution is 0.0114. The topological polar surface area (TPSA) is 53.1 Å². The average Bonchev–Trinajstić information content (AvgIpc) is 2.45. The zero-order valence-electron chi connectivity index (χ0n) is 8.75. The van der Waals surface area contributed by atoms with E-state index in [2.05, 4.69) is 5.10 Å². The first-order chi connectivity index (χ1) is 6.46. The van der Waals surface area contributed by atoms with Crippen molar-refractivity contribution in [2.45, 2.75) is 32.4 Å². The van der Waals surface area contributed by atoms with E-state index in [1.807, 2.05) is 13.8 Å². The highest BCUT2D eigenvalue weighted by Crippen LogP contribution is 2.20. The van der Waals surface area contributed by atoms with E-state index >= 15 is 0 Å². The summed E-state index contributed by atoms with van der Waals surface area (Å²) in [6.45, 7) is 4.75. The summed E-state index contributed by atoms with van der Waals surface area (Å²) in [6.07, 6.45) is 2.39. The smallest absolute Gasteiger partial charge is 0.140 e. The van der Waals surface area contributed by atoms with E-state index in [0.29, 0.717) is 17.4 Å². The highest BCUT2D eigenvalue weighted by molar-refractivity contribution is 6.32. The Morgan fingerprint density at radius 2 is 2.29 bits per heavy atom. The minimum Gasteiger partial charge on any atom is -0.383 e. The molecule has 0 unspecified atom stereocenters. The Morgan fingerprint density at radius 3 is 2.71 bits per heavy atom. The zero-order chi connectivity index (χ0) is 10.8. The maximum absolute atomic E-state index is 5.77. The van der Waals surface area contributed by atoms with Crippen molar-refractivity contribution in [3.8, 4) is 0 Å². The minimum atomic E-state index is -0.162. The largest absolute Gasteiger partial charge is 0.383 e. The van der Waals surface area contributed by atoms with Gasteiger partial charge in [-0.2, -0.15) is 5.10 Å². The summed E-state index contributed by atoms with van der Waals surface area (Å²) in [5.74, 6) is 0.513. The van der Waals surface area contributed by atoms with Gasteiger partial charge in [-0.25, -0.2) is 4.68 Å². The quantitative estimate of drug-likeness (QED) is 0.839. The lowest BCUT2D eigenvalue weighted by atomic mass is 10.1. The molecule has 0 aromatic carbocycles. The number of aromatic nitrogens is 2. The van der Waals surface area contributed by atoms with Crippen LogP contribution in [0.15, 0.2) is 6.20 Å². The van der Waals surface area contributed by atoms with Crippen LogP contribution in [0.5, 0.6) is 0 Å². The molecule has 0 aliphatic rings. The molecule has 0 aliphatic carbocycles. The Kier molecular flexibility index (Phi) is 3.39. The van der Waals surface area contributed by atoms with Crippen LogP contribution in [0.1, 0.15) is 20.3 Å². The molecule has 0 radical (unpaired) electrons. The fourth-order valence-electron chi connectivity index (χ4n) is 1.03. The number of hydrogen-bond acceptors (Lipinski definition) is 3. The molecule has 80 valence electrons. The molecule has 0 saturated carbocycles. The summed E-state index contributed by atoms with van der Waals surface area (Å²) in [7, 11) is 1.69. The molecule has 2 N–H and O–H groups in total. The number of nitrogen functional groups attached to an aromatic ring is 1. The van der Waals surface area contributed by atoms with Crippen LogP contribution in [-0.2, 0) is 11.3 Å². The van der Waals surface area contributed by atoms with Crippen molar-refractivity contribution >= 4 is 17.4 Å². The molecule has 1 aromatic heterocycles. The van der Waals surface area contributed by atoms with Crippen LogP contribution in [-0.4, -0.2) is 22.5 Å². The molecule has 0 fully saturated rings. The number of nitrogens with zero attached hydrogens (tertiary/aromatic N) is 2. The van der Waals surface area contributed by atoms with E-state index in [0.717, 1.165) is 6.42 Å². The molecular formula is C9H16ClN3O. The highest BCUT2D eigenvalue weighted by Gasteiger charge is 2.17. The van der Waals surface area contributed by atoms with Crippen LogP contribution in [0.4, 0.5) is 5.82 Å². The monoisotopic (exact) mass is 217 g/mol. The van der Waals surface area contributed by atoms with Crippen LogP contribution >= 0.6 is 11.6 Å². The molecule has 0 aliphatic heterocycles. The normalized spacial score (nSPS) is 12.0. The van der Waals surface area contributed by atoms with Gasteiger partial charge in [-0.3, -0.25) is 0 Å². The first kappa shape index (κ1) is 11.3. The Labute approximate surface area is 89.0 Å². The lowest BCUT2D eigenvalue weighted by Crippen LogP contribution is -2.25. The van der Waals surface area contributed by atoms with E-state index in [9.17, 15) is 0 Å². The molecule has 0 bridgehead atoms. The van der Waals surface area contributed by atoms with Crippen LogP contribution in [0.2, 0.25) is 5.02 Å². The fraction of sp³-hybridized carbons (Fsp3) is 0.667. The molecule has 4 nitrogen and oxygen atoms in total. The van der Waals surface area contributed by atoms with Crippen molar-refractivity contribution in [1.29, 1.82) is 0 Å². The number of ether oxygens (including phenoxy) is 1.